The van der Waals surface area contributed by atoms with E-state index in [1.54, 1.807) is 6.92 Å². The van der Waals surface area contributed by atoms with Crippen LogP contribution >= 0.6 is 0 Å². The van der Waals surface area contributed by atoms with Crippen molar-refractivity contribution in [2.75, 3.05) is 5.32 Å². The first-order chi connectivity index (χ1) is 16.2. The summed E-state index contributed by atoms with van der Waals surface area (Å²) in [5.41, 5.74) is 7.57. The molecule has 7 nitrogen and oxygen atoms in total. The number of aromatic nitrogens is 3. The van der Waals surface area contributed by atoms with E-state index in [4.69, 9.17) is 9.26 Å². The third-order valence-electron chi connectivity index (χ3n) is 6.04. The molecule has 1 amide bonds. The molecule has 0 aliphatic rings. The first kappa shape index (κ1) is 23.3. The van der Waals surface area contributed by atoms with Gasteiger partial charge in [-0.15, -0.1) is 0 Å². The second kappa shape index (κ2) is 9.55. The molecule has 0 fully saturated rings. The second-order valence-corrected chi connectivity index (χ2v) is 8.72. The van der Waals surface area contributed by atoms with Gasteiger partial charge in [-0.2, -0.15) is 5.10 Å². The van der Waals surface area contributed by atoms with Crippen molar-refractivity contribution in [2.45, 2.75) is 54.7 Å². The number of rotatable bonds is 7. The summed E-state index contributed by atoms with van der Waals surface area (Å²) >= 11 is 0. The van der Waals surface area contributed by atoms with Gasteiger partial charge in [-0.1, -0.05) is 53.2 Å². The largest absolute Gasteiger partial charge is 0.488 e. The van der Waals surface area contributed by atoms with Crippen molar-refractivity contribution in [1.82, 2.24) is 14.9 Å². The number of para-hydroxylation sites is 1. The number of carbonyl (C=O) groups is 1. The van der Waals surface area contributed by atoms with Crippen molar-refractivity contribution in [3.63, 3.8) is 0 Å². The van der Waals surface area contributed by atoms with Gasteiger partial charge in [0.1, 0.15) is 18.1 Å². The number of ether oxygens (including phenoxy) is 1. The molecule has 0 radical (unpaired) electrons. The summed E-state index contributed by atoms with van der Waals surface area (Å²) in [5.74, 6) is 1.01. The number of amides is 1. The minimum absolute atomic E-state index is 0.189. The summed E-state index contributed by atoms with van der Waals surface area (Å²) in [4.78, 5) is 13.2. The molecule has 7 heteroatoms. The monoisotopic (exact) mass is 458 g/mol. The van der Waals surface area contributed by atoms with Gasteiger partial charge in [0.25, 0.3) is 5.91 Å². The van der Waals surface area contributed by atoms with Crippen molar-refractivity contribution < 1.29 is 14.1 Å². The summed E-state index contributed by atoms with van der Waals surface area (Å²) in [7, 11) is 0. The van der Waals surface area contributed by atoms with Crippen molar-refractivity contribution in [2.24, 2.45) is 0 Å². The number of hydrogen-bond donors (Lipinski definition) is 1. The van der Waals surface area contributed by atoms with Gasteiger partial charge in [-0.3, -0.25) is 9.48 Å². The number of carbonyl (C=O) groups excluding carboxylic acids is 1. The van der Waals surface area contributed by atoms with Gasteiger partial charge in [0.15, 0.2) is 5.69 Å². The zero-order valence-corrected chi connectivity index (χ0v) is 20.5. The van der Waals surface area contributed by atoms with E-state index in [-0.39, 0.29) is 18.2 Å². The predicted octanol–water partition coefficient (Wildman–Crippen LogP) is 5.60. The molecule has 0 atom stereocenters. The fraction of sp³-hybridized carbons (Fsp3) is 0.296. The average molecular weight is 459 g/mol. The fourth-order valence-corrected chi connectivity index (χ4v) is 3.98. The van der Waals surface area contributed by atoms with Crippen LogP contribution < -0.4 is 10.1 Å². The van der Waals surface area contributed by atoms with Gasteiger partial charge in [0.2, 0.25) is 0 Å². The molecule has 0 bridgehead atoms. The molecule has 0 saturated carbocycles. The summed E-state index contributed by atoms with van der Waals surface area (Å²) in [5, 5.41) is 11.6. The zero-order valence-electron chi connectivity index (χ0n) is 20.5. The van der Waals surface area contributed by atoms with Crippen LogP contribution in [0.25, 0.3) is 0 Å². The Labute approximate surface area is 199 Å². The standard InChI is InChI=1S/C27H30N4O3/c1-16-10-12-22(13-11-16)14-31-20(5)24(19(4)29-31)28-27(32)25-23(21(6)34-30-25)15-33-26-17(2)8-7-9-18(26)3/h7-13H,14-15H2,1-6H3,(H,28,32). The highest BCUT2D eigenvalue weighted by molar-refractivity contribution is 6.04. The SMILES string of the molecule is Cc1ccc(Cn2nc(C)c(NC(=O)c3noc(C)c3COc3c(C)cccc3C)c2C)cc1. The molecular formula is C27H30N4O3. The maximum absolute atomic E-state index is 13.2. The highest BCUT2D eigenvalue weighted by atomic mass is 16.5. The molecule has 0 unspecified atom stereocenters. The summed E-state index contributed by atoms with van der Waals surface area (Å²) in [6, 6.07) is 14.3. The van der Waals surface area contributed by atoms with E-state index in [0.29, 0.717) is 23.6 Å². The minimum atomic E-state index is -0.349. The molecule has 4 aromatic rings. The number of nitrogens with zero attached hydrogens (tertiary/aromatic N) is 3. The summed E-state index contributed by atoms with van der Waals surface area (Å²) in [6.07, 6.45) is 0. The number of benzene rings is 2. The topological polar surface area (TPSA) is 82.2 Å². The molecule has 1 N–H and O–H groups in total. The minimum Gasteiger partial charge on any atom is -0.488 e. The van der Waals surface area contributed by atoms with Crippen molar-refractivity contribution in [3.05, 3.63) is 93.1 Å². The molecule has 2 heterocycles. The maximum Gasteiger partial charge on any atom is 0.278 e. The average Bonchev–Trinajstić information content (AvgIpc) is 3.29. The Bertz CT molecular complexity index is 1310. The van der Waals surface area contributed by atoms with E-state index in [2.05, 4.69) is 46.8 Å². The Balaban J connectivity index is 1.52. The molecule has 0 aliphatic carbocycles. The van der Waals surface area contributed by atoms with Crippen LogP contribution in [0.3, 0.4) is 0 Å². The number of nitrogens with one attached hydrogen (secondary N) is 1. The van der Waals surface area contributed by atoms with Crippen molar-refractivity contribution in [3.8, 4) is 5.75 Å². The van der Waals surface area contributed by atoms with E-state index < -0.39 is 0 Å². The number of hydrogen-bond acceptors (Lipinski definition) is 5. The molecule has 4 rings (SSSR count). The smallest absolute Gasteiger partial charge is 0.278 e. The molecule has 0 aliphatic heterocycles. The second-order valence-electron chi connectivity index (χ2n) is 8.72. The molecule has 0 saturated heterocycles. The highest BCUT2D eigenvalue weighted by Gasteiger charge is 2.23. The van der Waals surface area contributed by atoms with Crippen LogP contribution in [0, 0.1) is 41.5 Å². The van der Waals surface area contributed by atoms with Crippen LogP contribution in [-0.4, -0.2) is 20.8 Å². The Morgan fingerprint density at radius 1 is 1.00 bits per heavy atom. The van der Waals surface area contributed by atoms with Crippen LogP contribution in [0.1, 0.15) is 55.5 Å². The number of aryl methyl sites for hydroxylation is 5. The quantitative estimate of drug-likeness (QED) is 0.390. The zero-order chi connectivity index (χ0) is 24.4. The predicted molar refractivity (Wildman–Crippen MR) is 131 cm³/mol. The Morgan fingerprint density at radius 2 is 1.68 bits per heavy atom. The van der Waals surface area contributed by atoms with Crippen LogP contribution in [-0.2, 0) is 13.2 Å². The molecule has 34 heavy (non-hydrogen) atoms. The molecular weight excluding hydrogens is 428 g/mol. The van der Waals surface area contributed by atoms with Crippen LogP contribution in [0.5, 0.6) is 5.75 Å². The van der Waals surface area contributed by atoms with E-state index in [1.165, 1.54) is 5.56 Å². The van der Waals surface area contributed by atoms with Gasteiger partial charge < -0.3 is 14.6 Å². The lowest BCUT2D eigenvalue weighted by atomic mass is 10.1. The first-order valence-electron chi connectivity index (χ1n) is 11.3. The van der Waals surface area contributed by atoms with Gasteiger partial charge in [0.05, 0.1) is 29.2 Å². The summed E-state index contributed by atoms with van der Waals surface area (Å²) < 4.78 is 13.3. The normalized spacial score (nSPS) is 11.0. The van der Waals surface area contributed by atoms with Crippen LogP contribution in [0.15, 0.2) is 47.0 Å². The van der Waals surface area contributed by atoms with Crippen LogP contribution in [0.2, 0.25) is 0 Å². The Hall–Kier alpha value is -3.87. The molecule has 2 aromatic carbocycles. The molecule has 0 spiro atoms. The van der Waals surface area contributed by atoms with Gasteiger partial charge >= 0.3 is 0 Å². The lowest BCUT2D eigenvalue weighted by molar-refractivity contribution is 0.101. The third kappa shape index (κ3) is 4.73. The van der Waals surface area contributed by atoms with Gasteiger partial charge in [-0.05, 0) is 58.2 Å². The van der Waals surface area contributed by atoms with E-state index in [1.807, 2.05) is 50.6 Å². The van der Waals surface area contributed by atoms with E-state index in [9.17, 15) is 4.79 Å². The lowest BCUT2D eigenvalue weighted by Gasteiger charge is -2.12. The summed E-state index contributed by atoms with van der Waals surface area (Å²) in [6.45, 7) is 12.5. The number of anilines is 1. The van der Waals surface area contributed by atoms with Crippen LogP contribution in [0.4, 0.5) is 5.69 Å². The van der Waals surface area contributed by atoms with Gasteiger partial charge in [0, 0.05) is 0 Å². The van der Waals surface area contributed by atoms with Crippen molar-refractivity contribution >= 4 is 11.6 Å². The fourth-order valence-electron chi connectivity index (χ4n) is 3.98. The van der Waals surface area contributed by atoms with Gasteiger partial charge in [-0.25, -0.2) is 0 Å². The van der Waals surface area contributed by atoms with E-state index >= 15 is 0 Å². The third-order valence-corrected chi connectivity index (χ3v) is 6.04. The Kier molecular flexibility index (Phi) is 6.54. The molecule has 2 aromatic heterocycles. The lowest BCUT2D eigenvalue weighted by Crippen LogP contribution is -2.16. The van der Waals surface area contributed by atoms with Crippen molar-refractivity contribution in [1.29, 1.82) is 0 Å². The Morgan fingerprint density at radius 3 is 2.35 bits per heavy atom. The van der Waals surface area contributed by atoms with E-state index in [0.717, 1.165) is 33.8 Å². The maximum atomic E-state index is 13.2. The first-order valence-corrected chi connectivity index (χ1v) is 11.3. The molecule has 176 valence electrons. The highest BCUT2D eigenvalue weighted by Crippen LogP contribution is 2.26.